The molecule has 1 N–H and O–H groups in total. The fraction of sp³-hybridized carbons (Fsp3) is 0.360. The highest BCUT2D eigenvalue weighted by Crippen LogP contribution is 2.41. The average Bonchev–Trinajstić information content (AvgIpc) is 2.98. The highest BCUT2D eigenvalue weighted by atomic mass is 19.4. The van der Waals surface area contributed by atoms with Crippen molar-refractivity contribution in [3.8, 4) is 5.75 Å². The molecule has 3 rings (SSSR count). The van der Waals surface area contributed by atoms with Crippen molar-refractivity contribution in [3.63, 3.8) is 0 Å². The Morgan fingerprint density at radius 2 is 1.41 bits per heavy atom. The number of phenolic OH excluding ortho intramolecular Hbond substituents is 1. The van der Waals surface area contributed by atoms with E-state index in [9.17, 15) is 23.1 Å². The zero-order valence-electron chi connectivity index (χ0n) is 19.0. The molecule has 1 amide bonds. The first-order valence-corrected chi connectivity index (χ1v) is 10.3. The molecule has 1 aliphatic rings. The minimum atomic E-state index is -4.80. The Labute approximate surface area is 186 Å². The first kappa shape index (κ1) is 23.6. The van der Waals surface area contributed by atoms with Gasteiger partial charge in [0.25, 0.3) is 5.91 Å². The molecule has 0 fully saturated rings. The number of alkyl halides is 3. The highest BCUT2D eigenvalue weighted by molar-refractivity contribution is 6.34. The SMILES string of the molecule is CC(C)(C)c1cc(/C=C2\C(=O)N(c3ccccc3)N=C2C(F)(F)F)cc(C(C)(C)C)c1O. The number of para-hydroxylation sites is 1. The van der Waals surface area contributed by atoms with E-state index < -0.39 is 34.2 Å². The Hall–Kier alpha value is -3.09. The lowest BCUT2D eigenvalue weighted by atomic mass is 9.78. The van der Waals surface area contributed by atoms with Gasteiger partial charge in [0.05, 0.1) is 11.3 Å². The van der Waals surface area contributed by atoms with Crippen molar-refractivity contribution in [1.82, 2.24) is 0 Å². The van der Waals surface area contributed by atoms with Crippen LogP contribution in [0.5, 0.6) is 5.75 Å². The lowest BCUT2D eigenvalue weighted by Gasteiger charge is -2.28. The standard InChI is InChI=1S/C25H27F3N2O2/c1-23(2,3)18-13-15(14-19(20(18)31)24(4,5)6)12-17-21(25(26,27)28)29-30(22(17)32)16-10-8-7-9-11-16/h7-14,31H,1-6H3/b17-12-. The van der Waals surface area contributed by atoms with Gasteiger partial charge in [0.2, 0.25) is 0 Å². The van der Waals surface area contributed by atoms with Crippen LogP contribution in [0.3, 0.4) is 0 Å². The van der Waals surface area contributed by atoms with Crippen LogP contribution in [0.1, 0.15) is 58.2 Å². The summed E-state index contributed by atoms with van der Waals surface area (Å²) in [5, 5.41) is 15.2. The Bertz CT molecular complexity index is 1070. The largest absolute Gasteiger partial charge is 0.507 e. The summed E-state index contributed by atoms with van der Waals surface area (Å²) in [6.07, 6.45) is -3.59. The molecule has 1 heterocycles. The molecule has 0 unspecified atom stereocenters. The molecule has 1 aliphatic heterocycles. The minimum Gasteiger partial charge on any atom is -0.507 e. The lowest BCUT2D eigenvalue weighted by molar-refractivity contribution is -0.114. The van der Waals surface area contributed by atoms with E-state index in [-0.39, 0.29) is 11.4 Å². The topological polar surface area (TPSA) is 52.9 Å². The summed E-state index contributed by atoms with van der Waals surface area (Å²) in [7, 11) is 0. The van der Waals surface area contributed by atoms with E-state index in [1.165, 1.54) is 18.2 Å². The monoisotopic (exact) mass is 444 g/mol. The Morgan fingerprint density at radius 1 is 0.906 bits per heavy atom. The van der Waals surface area contributed by atoms with Gasteiger partial charge in [-0.15, -0.1) is 0 Å². The molecule has 0 atom stereocenters. The number of hydrogen-bond donors (Lipinski definition) is 1. The number of nitrogens with zero attached hydrogens (tertiary/aromatic N) is 2. The number of phenols is 1. The highest BCUT2D eigenvalue weighted by Gasteiger charge is 2.46. The fourth-order valence-corrected chi connectivity index (χ4v) is 3.55. The summed E-state index contributed by atoms with van der Waals surface area (Å²) in [4.78, 5) is 13.0. The molecule has 0 aromatic heterocycles. The summed E-state index contributed by atoms with van der Waals surface area (Å²) in [6.45, 7) is 11.5. The molecular formula is C25H27F3N2O2. The van der Waals surface area contributed by atoms with Gasteiger partial charge in [-0.05, 0) is 46.7 Å². The maximum Gasteiger partial charge on any atom is 0.435 e. The first-order chi connectivity index (χ1) is 14.6. The van der Waals surface area contributed by atoms with Gasteiger partial charge >= 0.3 is 6.18 Å². The Balaban J connectivity index is 2.22. The van der Waals surface area contributed by atoms with Crippen molar-refractivity contribution in [3.05, 3.63) is 64.7 Å². The van der Waals surface area contributed by atoms with Gasteiger partial charge in [-0.1, -0.05) is 59.7 Å². The molecular weight excluding hydrogens is 417 g/mol. The molecule has 0 aliphatic carbocycles. The van der Waals surface area contributed by atoms with E-state index in [0.717, 1.165) is 5.01 Å². The van der Waals surface area contributed by atoms with Gasteiger partial charge in [0.15, 0.2) is 5.71 Å². The number of aromatic hydroxyl groups is 1. The van der Waals surface area contributed by atoms with Crippen LogP contribution in [-0.4, -0.2) is 22.9 Å². The fourth-order valence-electron chi connectivity index (χ4n) is 3.55. The molecule has 0 spiro atoms. The Morgan fingerprint density at radius 3 is 1.84 bits per heavy atom. The van der Waals surface area contributed by atoms with Crippen LogP contribution in [-0.2, 0) is 15.6 Å². The summed E-state index contributed by atoms with van der Waals surface area (Å²) in [6, 6.07) is 11.3. The number of carbonyl (C=O) groups is 1. The van der Waals surface area contributed by atoms with Crippen molar-refractivity contribution in [1.29, 1.82) is 0 Å². The number of amides is 1. The van der Waals surface area contributed by atoms with E-state index in [4.69, 9.17) is 0 Å². The number of hydrogen-bond acceptors (Lipinski definition) is 3. The van der Waals surface area contributed by atoms with Gasteiger partial charge in [0.1, 0.15) is 5.75 Å². The molecule has 0 saturated heterocycles. The van der Waals surface area contributed by atoms with Crippen molar-refractivity contribution in [2.75, 3.05) is 5.01 Å². The number of benzene rings is 2. The maximum atomic E-state index is 13.8. The molecule has 0 saturated carbocycles. The van der Waals surface area contributed by atoms with Crippen molar-refractivity contribution in [2.24, 2.45) is 5.10 Å². The van der Waals surface area contributed by atoms with E-state index in [1.54, 1.807) is 30.3 Å². The summed E-state index contributed by atoms with van der Waals surface area (Å²) in [5.41, 5.74) is -0.877. The number of carbonyl (C=O) groups excluding carboxylic acids is 1. The summed E-state index contributed by atoms with van der Waals surface area (Å²) < 4.78 is 41.4. The van der Waals surface area contributed by atoms with Crippen molar-refractivity contribution < 1.29 is 23.1 Å². The number of halogens is 3. The Kier molecular flexibility index (Phi) is 5.74. The maximum absolute atomic E-state index is 13.8. The molecule has 0 radical (unpaired) electrons. The van der Waals surface area contributed by atoms with Gasteiger partial charge < -0.3 is 5.11 Å². The predicted octanol–water partition coefficient (Wildman–Crippen LogP) is 6.34. The van der Waals surface area contributed by atoms with Crippen LogP contribution in [0.2, 0.25) is 0 Å². The zero-order chi connectivity index (χ0) is 24.1. The normalized spacial score (nSPS) is 16.7. The van der Waals surface area contributed by atoms with Gasteiger partial charge in [-0.2, -0.15) is 23.3 Å². The van der Waals surface area contributed by atoms with E-state index in [0.29, 0.717) is 16.7 Å². The van der Waals surface area contributed by atoms with Crippen LogP contribution in [0.4, 0.5) is 18.9 Å². The number of anilines is 1. The van der Waals surface area contributed by atoms with Crippen LogP contribution >= 0.6 is 0 Å². The third-order valence-electron chi connectivity index (χ3n) is 5.21. The van der Waals surface area contributed by atoms with Gasteiger partial charge in [0, 0.05) is 11.1 Å². The van der Waals surface area contributed by atoms with Gasteiger partial charge in [-0.25, -0.2) is 0 Å². The first-order valence-electron chi connectivity index (χ1n) is 10.3. The molecule has 7 heteroatoms. The van der Waals surface area contributed by atoms with Crippen LogP contribution in [0.15, 0.2) is 53.1 Å². The minimum absolute atomic E-state index is 0.112. The number of rotatable bonds is 2. The summed E-state index contributed by atoms with van der Waals surface area (Å²) >= 11 is 0. The van der Waals surface area contributed by atoms with Gasteiger partial charge in [-0.3, -0.25) is 4.79 Å². The quantitative estimate of drug-likeness (QED) is 0.550. The van der Waals surface area contributed by atoms with E-state index in [1.807, 2.05) is 41.5 Å². The second kappa shape index (κ2) is 7.80. The lowest BCUT2D eigenvalue weighted by Crippen LogP contribution is -2.25. The third-order valence-corrected chi connectivity index (χ3v) is 5.21. The molecule has 4 nitrogen and oxygen atoms in total. The van der Waals surface area contributed by atoms with Crippen molar-refractivity contribution in [2.45, 2.75) is 58.5 Å². The molecule has 2 aromatic rings. The second-order valence-electron chi connectivity index (χ2n) is 9.92. The van der Waals surface area contributed by atoms with Crippen LogP contribution < -0.4 is 5.01 Å². The molecule has 32 heavy (non-hydrogen) atoms. The van der Waals surface area contributed by atoms with Crippen LogP contribution in [0.25, 0.3) is 6.08 Å². The third kappa shape index (κ3) is 4.56. The smallest absolute Gasteiger partial charge is 0.435 e. The molecule has 0 bridgehead atoms. The van der Waals surface area contributed by atoms with Crippen LogP contribution in [0, 0.1) is 0 Å². The zero-order valence-corrected chi connectivity index (χ0v) is 19.0. The molecule has 170 valence electrons. The van der Waals surface area contributed by atoms with E-state index >= 15 is 0 Å². The number of hydrazone groups is 1. The summed E-state index contributed by atoms with van der Waals surface area (Å²) in [5.74, 6) is -0.744. The second-order valence-corrected chi connectivity index (χ2v) is 9.92. The van der Waals surface area contributed by atoms with E-state index in [2.05, 4.69) is 5.10 Å². The predicted molar refractivity (Wildman–Crippen MR) is 121 cm³/mol. The molecule has 2 aromatic carbocycles. The average molecular weight is 444 g/mol. The van der Waals surface area contributed by atoms with Crippen molar-refractivity contribution >= 4 is 23.4 Å².